The molecule has 0 amide bonds. The highest BCUT2D eigenvalue weighted by molar-refractivity contribution is 6.31. The van der Waals surface area contributed by atoms with Crippen LogP contribution in [0.25, 0.3) is 0 Å². The predicted octanol–water partition coefficient (Wildman–Crippen LogP) is 3.06. The van der Waals surface area contributed by atoms with E-state index in [9.17, 15) is 0 Å². The Hall–Kier alpha value is -0.530. The number of benzene rings is 1. The van der Waals surface area contributed by atoms with E-state index in [1.165, 1.54) is 11.1 Å². The van der Waals surface area contributed by atoms with E-state index in [0.29, 0.717) is 0 Å². The Morgan fingerprint density at radius 1 is 1.36 bits per heavy atom. The van der Waals surface area contributed by atoms with Crippen molar-refractivity contribution >= 4 is 11.6 Å². The molecule has 1 aromatic carbocycles. The second kappa shape index (κ2) is 3.25. The largest absolute Gasteiger partial charge is 0.301 e. The van der Waals surface area contributed by atoms with Gasteiger partial charge in [-0.25, -0.2) is 0 Å². The van der Waals surface area contributed by atoms with Crippen molar-refractivity contribution in [2.45, 2.75) is 25.8 Å². The van der Waals surface area contributed by atoms with Crippen LogP contribution in [-0.4, -0.2) is 18.5 Å². The van der Waals surface area contributed by atoms with Gasteiger partial charge in [-0.05, 0) is 24.2 Å². The summed E-state index contributed by atoms with van der Waals surface area (Å²) in [5.41, 5.74) is 2.87. The van der Waals surface area contributed by atoms with Gasteiger partial charge in [0.25, 0.3) is 0 Å². The fourth-order valence-corrected chi connectivity index (χ4v) is 3.01. The molecule has 1 heterocycles. The monoisotopic (exact) mass is 209 g/mol. The van der Waals surface area contributed by atoms with Crippen LogP contribution < -0.4 is 0 Å². The average Bonchev–Trinajstić information content (AvgIpc) is 2.00. The molecule has 0 saturated carbocycles. The second-order valence-corrected chi connectivity index (χ2v) is 5.24. The van der Waals surface area contributed by atoms with Crippen LogP contribution in [0, 0.1) is 0 Å². The van der Waals surface area contributed by atoms with Gasteiger partial charge in [-0.2, -0.15) is 0 Å². The van der Waals surface area contributed by atoms with Crippen LogP contribution >= 0.6 is 11.6 Å². The molecule has 0 unspecified atom stereocenters. The van der Waals surface area contributed by atoms with Gasteiger partial charge >= 0.3 is 0 Å². The van der Waals surface area contributed by atoms with Gasteiger partial charge in [-0.1, -0.05) is 37.6 Å². The molecule has 0 aromatic heterocycles. The zero-order valence-electron chi connectivity index (χ0n) is 8.97. The van der Waals surface area contributed by atoms with E-state index in [-0.39, 0.29) is 5.41 Å². The highest BCUT2D eigenvalue weighted by Gasteiger charge is 2.31. The minimum Gasteiger partial charge on any atom is -0.301 e. The fourth-order valence-electron chi connectivity index (χ4n) is 2.56. The van der Waals surface area contributed by atoms with Crippen molar-refractivity contribution in [1.29, 1.82) is 0 Å². The van der Waals surface area contributed by atoms with Gasteiger partial charge in [0, 0.05) is 23.5 Å². The first-order chi connectivity index (χ1) is 6.50. The molecule has 2 heteroatoms. The molecule has 0 spiro atoms. The van der Waals surface area contributed by atoms with Gasteiger partial charge in [0.2, 0.25) is 0 Å². The van der Waals surface area contributed by atoms with Crippen LogP contribution in [0.4, 0.5) is 0 Å². The third kappa shape index (κ3) is 1.55. The Kier molecular flexibility index (Phi) is 2.32. The van der Waals surface area contributed by atoms with Crippen LogP contribution in [0.1, 0.15) is 25.0 Å². The molecule has 0 fully saturated rings. The van der Waals surface area contributed by atoms with E-state index in [2.05, 4.69) is 31.9 Å². The normalized spacial score (nSPS) is 20.6. The first-order valence-electron chi connectivity index (χ1n) is 4.97. The quantitative estimate of drug-likeness (QED) is 0.635. The molecule has 2 rings (SSSR count). The van der Waals surface area contributed by atoms with Gasteiger partial charge in [-0.3, -0.25) is 0 Å². The van der Waals surface area contributed by atoms with E-state index in [0.717, 1.165) is 18.1 Å². The summed E-state index contributed by atoms with van der Waals surface area (Å²) in [7, 11) is 2.16. The molecule has 0 aliphatic carbocycles. The van der Waals surface area contributed by atoms with Crippen molar-refractivity contribution in [2.24, 2.45) is 0 Å². The second-order valence-electron chi connectivity index (χ2n) is 4.83. The summed E-state index contributed by atoms with van der Waals surface area (Å²) in [6.45, 7) is 6.60. The van der Waals surface area contributed by atoms with Crippen molar-refractivity contribution in [3.63, 3.8) is 0 Å². The smallest absolute Gasteiger partial charge is 0.0447 e. The lowest BCUT2D eigenvalue weighted by Gasteiger charge is -2.38. The first kappa shape index (κ1) is 10.0. The number of rotatable bonds is 0. The van der Waals surface area contributed by atoms with Crippen molar-refractivity contribution in [1.82, 2.24) is 4.90 Å². The predicted molar refractivity (Wildman–Crippen MR) is 60.8 cm³/mol. The molecule has 0 saturated heterocycles. The average molecular weight is 210 g/mol. The SMILES string of the molecule is CN1Cc2cccc(Cl)c2C(C)(C)C1. The van der Waals surface area contributed by atoms with Crippen molar-refractivity contribution in [3.05, 3.63) is 34.3 Å². The molecule has 76 valence electrons. The van der Waals surface area contributed by atoms with Gasteiger partial charge in [0.05, 0.1) is 0 Å². The number of hydrogen-bond donors (Lipinski definition) is 0. The maximum absolute atomic E-state index is 6.26. The summed E-state index contributed by atoms with van der Waals surface area (Å²) < 4.78 is 0. The molecule has 0 atom stereocenters. The van der Waals surface area contributed by atoms with Crippen LogP contribution in [0.2, 0.25) is 5.02 Å². The third-order valence-electron chi connectivity index (χ3n) is 2.88. The molecular weight excluding hydrogens is 194 g/mol. The molecule has 1 aliphatic rings. The Morgan fingerprint density at radius 2 is 2.07 bits per heavy atom. The fraction of sp³-hybridized carbons (Fsp3) is 0.500. The van der Waals surface area contributed by atoms with E-state index >= 15 is 0 Å². The molecule has 0 radical (unpaired) electrons. The van der Waals surface area contributed by atoms with Crippen molar-refractivity contribution in [3.8, 4) is 0 Å². The highest BCUT2D eigenvalue weighted by atomic mass is 35.5. The van der Waals surface area contributed by atoms with Crippen molar-refractivity contribution in [2.75, 3.05) is 13.6 Å². The maximum atomic E-state index is 6.26. The Balaban J connectivity index is 2.58. The number of likely N-dealkylation sites (N-methyl/N-ethyl adjacent to an activating group) is 1. The summed E-state index contributed by atoms with van der Waals surface area (Å²) in [6.07, 6.45) is 0. The number of nitrogens with zero attached hydrogens (tertiary/aromatic N) is 1. The number of hydrogen-bond acceptors (Lipinski definition) is 1. The van der Waals surface area contributed by atoms with Crippen LogP contribution in [0.3, 0.4) is 0 Å². The Labute approximate surface area is 90.7 Å². The van der Waals surface area contributed by atoms with Crippen molar-refractivity contribution < 1.29 is 0 Å². The summed E-state index contributed by atoms with van der Waals surface area (Å²) >= 11 is 6.26. The van der Waals surface area contributed by atoms with Gasteiger partial charge in [0.15, 0.2) is 0 Å². The van der Waals surface area contributed by atoms with Gasteiger partial charge < -0.3 is 4.90 Å². The van der Waals surface area contributed by atoms with E-state index in [4.69, 9.17) is 11.6 Å². The van der Waals surface area contributed by atoms with E-state index in [1.54, 1.807) is 0 Å². The summed E-state index contributed by atoms with van der Waals surface area (Å²) in [6, 6.07) is 6.21. The molecule has 1 nitrogen and oxygen atoms in total. The summed E-state index contributed by atoms with van der Waals surface area (Å²) in [4.78, 5) is 2.35. The first-order valence-corrected chi connectivity index (χ1v) is 5.35. The maximum Gasteiger partial charge on any atom is 0.0447 e. The molecular formula is C12H16ClN. The molecule has 1 aliphatic heterocycles. The zero-order chi connectivity index (χ0) is 10.3. The molecule has 0 bridgehead atoms. The zero-order valence-corrected chi connectivity index (χ0v) is 9.73. The number of halogens is 1. The van der Waals surface area contributed by atoms with Gasteiger partial charge in [-0.15, -0.1) is 0 Å². The molecule has 14 heavy (non-hydrogen) atoms. The number of fused-ring (bicyclic) bond motifs is 1. The lowest BCUT2D eigenvalue weighted by atomic mass is 9.78. The summed E-state index contributed by atoms with van der Waals surface area (Å²) in [5, 5.41) is 0.917. The van der Waals surface area contributed by atoms with Crippen LogP contribution in [0.15, 0.2) is 18.2 Å². The topological polar surface area (TPSA) is 3.24 Å². The highest BCUT2D eigenvalue weighted by Crippen LogP contribution is 2.37. The lowest BCUT2D eigenvalue weighted by molar-refractivity contribution is 0.236. The molecule has 1 aromatic rings. The third-order valence-corrected chi connectivity index (χ3v) is 3.20. The van der Waals surface area contributed by atoms with Crippen LogP contribution in [-0.2, 0) is 12.0 Å². The standard InChI is InChI=1S/C12H16ClN/c1-12(2)8-14(3)7-9-5-4-6-10(13)11(9)12/h4-6H,7-8H2,1-3H3. The Bertz CT molecular complexity index is 357. The minimum absolute atomic E-state index is 0.167. The minimum atomic E-state index is 0.167. The summed E-state index contributed by atoms with van der Waals surface area (Å²) in [5.74, 6) is 0. The van der Waals surface area contributed by atoms with E-state index < -0.39 is 0 Å². The Morgan fingerprint density at radius 3 is 2.79 bits per heavy atom. The van der Waals surface area contributed by atoms with Gasteiger partial charge in [0.1, 0.15) is 0 Å². The lowest BCUT2D eigenvalue weighted by Crippen LogP contribution is -2.40. The van der Waals surface area contributed by atoms with E-state index in [1.807, 2.05) is 12.1 Å². The molecule has 0 N–H and O–H groups in total. The van der Waals surface area contributed by atoms with Crippen LogP contribution in [0.5, 0.6) is 0 Å².